The van der Waals surface area contributed by atoms with Crippen LogP contribution < -0.4 is 5.32 Å². The molecule has 23 heavy (non-hydrogen) atoms. The van der Waals surface area contributed by atoms with Gasteiger partial charge in [-0.15, -0.1) is 0 Å². The number of aryl methyl sites for hydroxylation is 2. The number of carbonyl (C=O) groups excluding carboxylic acids is 2. The molecule has 1 aliphatic heterocycles. The molecule has 5 nitrogen and oxygen atoms in total. The molecule has 3 rings (SSSR count). The van der Waals surface area contributed by atoms with E-state index >= 15 is 0 Å². The molecule has 5 heteroatoms. The van der Waals surface area contributed by atoms with E-state index in [1.165, 1.54) is 5.56 Å². The van der Waals surface area contributed by atoms with Gasteiger partial charge in [-0.3, -0.25) is 9.59 Å². The second-order valence-electron chi connectivity index (χ2n) is 6.32. The predicted octanol–water partition coefficient (Wildman–Crippen LogP) is 2.53. The van der Waals surface area contributed by atoms with Gasteiger partial charge in [-0.1, -0.05) is 6.07 Å². The van der Waals surface area contributed by atoms with Crippen LogP contribution in [0.5, 0.6) is 0 Å². The molecular formula is C18H23N3O2. The van der Waals surface area contributed by atoms with Crippen LogP contribution in [0.3, 0.4) is 0 Å². The highest BCUT2D eigenvalue weighted by molar-refractivity contribution is 5.99. The summed E-state index contributed by atoms with van der Waals surface area (Å²) >= 11 is 0. The monoisotopic (exact) mass is 313 g/mol. The van der Waals surface area contributed by atoms with Gasteiger partial charge in [-0.25, -0.2) is 0 Å². The largest absolute Gasteiger partial charge is 0.351 e. The normalized spacial score (nSPS) is 14.4. The van der Waals surface area contributed by atoms with Crippen molar-refractivity contribution in [3.8, 4) is 0 Å². The third kappa shape index (κ3) is 3.38. The lowest BCUT2D eigenvalue weighted by Crippen LogP contribution is -2.32. The fourth-order valence-electron chi connectivity index (χ4n) is 3.22. The van der Waals surface area contributed by atoms with Gasteiger partial charge in [0, 0.05) is 37.0 Å². The van der Waals surface area contributed by atoms with Crippen molar-refractivity contribution in [2.75, 3.05) is 19.6 Å². The van der Waals surface area contributed by atoms with E-state index in [9.17, 15) is 9.59 Å². The maximum absolute atomic E-state index is 12.2. The minimum Gasteiger partial charge on any atom is -0.351 e. The molecule has 1 aliphatic rings. The van der Waals surface area contributed by atoms with Crippen molar-refractivity contribution in [1.82, 2.24) is 15.2 Å². The predicted molar refractivity (Wildman–Crippen MR) is 90.5 cm³/mol. The number of nitrogens with zero attached hydrogens (tertiary/aromatic N) is 1. The van der Waals surface area contributed by atoms with E-state index in [0.29, 0.717) is 18.7 Å². The number of fused-ring (bicyclic) bond motifs is 1. The maximum Gasteiger partial charge on any atom is 0.267 e. The smallest absolute Gasteiger partial charge is 0.267 e. The summed E-state index contributed by atoms with van der Waals surface area (Å²) in [5.41, 5.74) is 3.84. The van der Waals surface area contributed by atoms with Gasteiger partial charge in [0.05, 0.1) is 0 Å². The molecule has 122 valence electrons. The molecule has 0 atom stereocenters. The number of benzene rings is 1. The highest BCUT2D eigenvalue weighted by atomic mass is 16.2. The second kappa shape index (κ2) is 6.44. The Balaban J connectivity index is 1.60. The Kier molecular flexibility index (Phi) is 4.37. The molecule has 0 spiro atoms. The van der Waals surface area contributed by atoms with Gasteiger partial charge in [0.1, 0.15) is 5.69 Å². The molecule has 2 N–H and O–H groups in total. The minimum absolute atomic E-state index is 0.130. The first-order chi connectivity index (χ1) is 11.0. The lowest BCUT2D eigenvalue weighted by molar-refractivity contribution is -0.129. The van der Waals surface area contributed by atoms with Gasteiger partial charge >= 0.3 is 0 Å². The number of aromatic amines is 1. The average Bonchev–Trinajstić information content (AvgIpc) is 3.16. The number of amides is 2. The van der Waals surface area contributed by atoms with Crippen molar-refractivity contribution < 1.29 is 9.59 Å². The van der Waals surface area contributed by atoms with E-state index in [-0.39, 0.29) is 11.8 Å². The first kappa shape index (κ1) is 15.6. The molecule has 0 unspecified atom stereocenters. The van der Waals surface area contributed by atoms with E-state index in [2.05, 4.69) is 16.4 Å². The van der Waals surface area contributed by atoms with Gasteiger partial charge in [0.15, 0.2) is 0 Å². The Morgan fingerprint density at radius 2 is 1.91 bits per heavy atom. The Bertz CT molecular complexity index is 742. The summed E-state index contributed by atoms with van der Waals surface area (Å²) in [6.45, 7) is 6.17. The molecule has 0 radical (unpaired) electrons. The summed E-state index contributed by atoms with van der Waals surface area (Å²) in [6, 6.07) is 6.02. The Labute approximate surface area is 136 Å². The molecule has 1 aromatic heterocycles. The Morgan fingerprint density at radius 3 is 2.65 bits per heavy atom. The van der Waals surface area contributed by atoms with Crippen molar-refractivity contribution in [3.05, 3.63) is 35.0 Å². The van der Waals surface area contributed by atoms with Crippen molar-refractivity contribution in [2.24, 2.45) is 0 Å². The van der Waals surface area contributed by atoms with Crippen LogP contribution in [0.15, 0.2) is 18.2 Å². The molecule has 1 saturated heterocycles. The first-order valence-corrected chi connectivity index (χ1v) is 8.20. The van der Waals surface area contributed by atoms with Crippen molar-refractivity contribution in [3.63, 3.8) is 0 Å². The van der Waals surface area contributed by atoms with Gasteiger partial charge in [-0.05, 0) is 49.9 Å². The van der Waals surface area contributed by atoms with E-state index in [1.807, 2.05) is 30.9 Å². The number of H-pyrrole nitrogens is 1. The number of carbonyl (C=O) groups is 2. The van der Waals surface area contributed by atoms with Crippen LogP contribution >= 0.6 is 0 Å². The zero-order valence-corrected chi connectivity index (χ0v) is 13.7. The second-order valence-corrected chi connectivity index (χ2v) is 6.32. The minimum atomic E-state index is -0.160. The highest BCUT2D eigenvalue weighted by Gasteiger charge is 2.18. The third-order valence-electron chi connectivity index (χ3n) is 4.42. The lowest BCUT2D eigenvalue weighted by Gasteiger charge is -2.14. The fraction of sp³-hybridized carbons (Fsp3) is 0.444. The van der Waals surface area contributed by atoms with E-state index in [1.54, 1.807) is 0 Å². The highest BCUT2D eigenvalue weighted by Crippen LogP contribution is 2.21. The van der Waals surface area contributed by atoms with Crippen molar-refractivity contribution >= 4 is 22.7 Å². The van der Waals surface area contributed by atoms with Crippen LogP contribution in [0.2, 0.25) is 0 Å². The summed E-state index contributed by atoms with van der Waals surface area (Å²) in [6.07, 6.45) is 2.54. The maximum atomic E-state index is 12.2. The van der Waals surface area contributed by atoms with Gasteiger partial charge in [-0.2, -0.15) is 0 Å². The summed E-state index contributed by atoms with van der Waals surface area (Å²) in [7, 11) is 0. The van der Waals surface area contributed by atoms with Crippen LogP contribution in [-0.4, -0.2) is 41.3 Å². The summed E-state index contributed by atoms with van der Waals surface area (Å²) < 4.78 is 0. The number of hydrogen-bond donors (Lipinski definition) is 2. The number of aromatic nitrogens is 1. The Hall–Kier alpha value is -2.30. The van der Waals surface area contributed by atoms with Gasteiger partial charge in [0.2, 0.25) is 5.91 Å². The summed E-state index contributed by atoms with van der Waals surface area (Å²) in [5.74, 6) is -0.0293. The topological polar surface area (TPSA) is 65.2 Å². The van der Waals surface area contributed by atoms with Gasteiger partial charge in [0.25, 0.3) is 5.91 Å². The number of likely N-dealkylation sites (tertiary alicyclic amines) is 1. The standard InChI is InChI=1S/C18H23N3O2/c1-12-9-13(2)14-11-16(20-15(14)10-12)18(23)19-6-5-17(22)21-7-3-4-8-21/h9-11,20H,3-8H2,1-2H3,(H,19,23). The third-order valence-corrected chi connectivity index (χ3v) is 4.42. The van der Waals surface area contributed by atoms with Crippen LogP contribution in [-0.2, 0) is 4.79 Å². The summed E-state index contributed by atoms with van der Waals surface area (Å²) in [4.78, 5) is 29.2. The first-order valence-electron chi connectivity index (χ1n) is 8.20. The quantitative estimate of drug-likeness (QED) is 0.911. The number of rotatable bonds is 4. The lowest BCUT2D eigenvalue weighted by atomic mass is 10.1. The van der Waals surface area contributed by atoms with Crippen molar-refractivity contribution in [2.45, 2.75) is 33.1 Å². The SMILES string of the molecule is Cc1cc(C)c2cc(C(=O)NCCC(=O)N3CCCC3)[nH]c2c1. The average molecular weight is 313 g/mol. The van der Waals surface area contributed by atoms with Crippen molar-refractivity contribution in [1.29, 1.82) is 0 Å². The van der Waals surface area contributed by atoms with Crippen LogP contribution in [0.1, 0.15) is 40.9 Å². The molecular weight excluding hydrogens is 290 g/mol. The molecule has 0 aliphatic carbocycles. The molecule has 0 bridgehead atoms. The molecule has 2 heterocycles. The Morgan fingerprint density at radius 1 is 1.17 bits per heavy atom. The molecule has 1 fully saturated rings. The number of nitrogens with one attached hydrogen (secondary N) is 2. The molecule has 0 saturated carbocycles. The molecule has 2 aromatic rings. The van der Waals surface area contributed by atoms with Gasteiger partial charge < -0.3 is 15.2 Å². The molecule has 1 aromatic carbocycles. The van der Waals surface area contributed by atoms with E-state index in [0.717, 1.165) is 42.4 Å². The fourth-order valence-corrected chi connectivity index (χ4v) is 3.22. The number of hydrogen-bond acceptors (Lipinski definition) is 2. The molecule has 2 amide bonds. The zero-order chi connectivity index (χ0) is 16.4. The van der Waals surface area contributed by atoms with Crippen LogP contribution in [0.25, 0.3) is 10.9 Å². The summed E-state index contributed by atoms with van der Waals surface area (Å²) in [5, 5.41) is 3.89. The zero-order valence-electron chi connectivity index (χ0n) is 13.7. The van der Waals surface area contributed by atoms with E-state index < -0.39 is 0 Å². The van der Waals surface area contributed by atoms with Crippen LogP contribution in [0, 0.1) is 13.8 Å². The van der Waals surface area contributed by atoms with E-state index in [4.69, 9.17) is 0 Å². The van der Waals surface area contributed by atoms with Crippen LogP contribution in [0.4, 0.5) is 0 Å².